The normalized spacial score (nSPS) is 14.4. The van der Waals surface area contributed by atoms with E-state index >= 15 is 0 Å². The summed E-state index contributed by atoms with van der Waals surface area (Å²) in [5.41, 5.74) is 6.43. The van der Waals surface area contributed by atoms with Gasteiger partial charge in [0.05, 0.1) is 12.3 Å². The van der Waals surface area contributed by atoms with Gasteiger partial charge in [-0.15, -0.1) is 0 Å². The molecule has 5 rings (SSSR count). The van der Waals surface area contributed by atoms with E-state index in [1.54, 1.807) is 0 Å². The van der Waals surface area contributed by atoms with Gasteiger partial charge in [-0.1, -0.05) is 109 Å². The van der Waals surface area contributed by atoms with Crippen LogP contribution in [0.15, 0.2) is 132 Å². The summed E-state index contributed by atoms with van der Waals surface area (Å²) in [6.45, 7) is 0.627. The van der Waals surface area contributed by atoms with Crippen LogP contribution in [0.3, 0.4) is 0 Å². The second-order valence-corrected chi connectivity index (χ2v) is 7.63. The number of hydrogen-bond donors (Lipinski definition) is 0. The van der Waals surface area contributed by atoms with Crippen molar-refractivity contribution in [1.82, 2.24) is 0 Å². The molecule has 2 heteroatoms. The van der Waals surface area contributed by atoms with Gasteiger partial charge in [-0.25, -0.2) is 0 Å². The first-order valence-corrected chi connectivity index (χ1v) is 10.8. The highest BCUT2D eigenvalue weighted by atomic mass is 16.5. The van der Waals surface area contributed by atoms with E-state index in [4.69, 9.17) is 9.73 Å². The van der Waals surface area contributed by atoms with Crippen LogP contribution < -0.4 is 4.74 Å². The lowest BCUT2D eigenvalue weighted by Gasteiger charge is -2.21. The lowest BCUT2D eigenvalue weighted by atomic mass is 9.96. The van der Waals surface area contributed by atoms with Gasteiger partial charge in [0, 0.05) is 11.1 Å². The highest BCUT2D eigenvalue weighted by Crippen LogP contribution is 2.37. The summed E-state index contributed by atoms with van der Waals surface area (Å²) in [7, 11) is 0. The Balaban J connectivity index is 1.61. The third-order valence-corrected chi connectivity index (χ3v) is 5.40. The van der Waals surface area contributed by atoms with Crippen molar-refractivity contribution >= 4 is 17.0 Å². The molecule has 0 amide bonds. The van der Waals surface area contributed by atoms with Gasteiger partial charge in [0.1, 0.15) is 11.5 Å². The zero-order chi connectivity index (χ0) is 21.6. The number of nitrogens with zero attached hydrogens (tertiary/aromatic N) is 1. The van der Waals surface area contributed by atoms with E-state index in [1.165, 1.54) is 5.56 Å². The van der Waals surface area contributed by atoms with Gasteiger partial charge in [0.25, 0.3) is 0 Å². The molecule has 2 nitrogen and oxygen atoms in total. The Bertz CT molecular complexity index is 1290. The maximum Gasteiger partial charge on any atom is 0.135 e. The van der Waals surface area contributed by atoms with Crippen molar-refractivity contribution in [3.8, 4) is 5.75 Å². The Morgan fingerprint density at radius 1 is 0.688 bits per heavy atom. The fraction of sp³-hybridized carbons (Fsp3) is 0.0333. The van der Waals surface area contributed by atoms with Gasteiger partial charge in [-0.2, -0.15) is 0 Å². The highest BCUT2D eigenvalue weighted by Gasteiger charge is 2.18. The van der Waals surface area contributed by atoms with Gasteiger partial charge in [-0.3, -0.25) is 4.99 Å². The standard InChI is InChI=1S/C30H23NO/c1-4-12-23(13-5-1)22-31-28(24-14-6-2-7-15-24)20-26-21-30(25-16-8-3-9-17-25)32-29-19-11-10-18-27(26)29/h1-21H,22H2/b26-20-,31-28?. The minimum Gasteiger partial charge on any atom is -0.456 e. The van der Waals surface area contributed by atoms with E-state index in [2.05, 4.69) is 78.9 Å². The minimum absolute atomic E-state index is 0.627. The number of para-hydroxylation sites is 1. The molecule has 1 aliphatic rings. The molecule has 0 N–H and O–H groups in total. The molecule has 32 heavy (non-hydrogen) atoms. The molecule has 0 radical (unpaired) electrons. The molecular weight excluding hydrogens is 390 g/mol. The van der Waals surface area contributed by atoms with Crippen LogP contribution in [0.4, 0.5) is 0 Å². The van der Waals surface area contributed by atoms with Crippen LogP contribution in [-0.2, 0) is 6.54 Å². The van der Waals surface area contributed by atoms with Crippen molar-refractivity contribution in [2.75, 3.05) is 0 Å². The molecule has 0 spiro atoms. The molecule has 0 unspecified atom stereocenters. The van der Waals surface area contributed by atoms with Gasteiger partial charge < -0.3 is 4.74 Å². The van der Waals surface area contributed by atoms with Crippen LogP contribution in [0, 0.1) is 0 Å². The molecule has 0 bridgehead atoms. The molecule has 1 heterocycles. The van der Waals surface area contributed by atoms with Gasteiger partial charge in [0.15, 0.2) is 0 Å². The minimum atomic E-state index is 0.627. The largest absolute Gasteiger partial charge is 0.456 e. The average molecular weight is 414 g/mol. The first kappa shape index (κ1) is 19.8. The summed E-state index contributed by atoms with van der Waals surface area (Å²) in [6, 6.07) is 39.1. The van der Waals surface area contributed by atoms with Crippen molar-refractivity contribution in [2.24, 2.45) is 4.99 Å². The van der Waals surface area contributed by atoms with Crippen molar-refractivity contribution in [3.05, 3.63) is 150 Å². The summed E-state index contributed by atoms with van der Waals surface area (Å²) < 4.78 is 6.25. The van der Waals surface area contributed by atoms with E-state index in [-0.39, 0.29) is 0 Å². The number of aliphatic imine (C=N–C) groups is 1. The predicted molar refractivity (Wildman–Crippen MR) is 133 cm³/mol. The van der Waals surface area contributed by atoms with Crippen molar-refractivity contribution < 1.29 is 4.74 Å². The SMILES string of the molecule is C1=C(c2ccccc2)Oc2ccccc2/C1=C\C(=NCc1ccccc1)c1ccccc1. The van der Waals surface area contributed by atoms with Gasteiger partial charge in [-0.05, 0) is 34.9 Å². The molecule has 0 fully saturated rings. The number of hydrogen-bond acceptors (Lipinski definition) is 2. The third kappa shape index (κ3) is 4.45. The van der Waals surface area contributed by atoms with Crippen LogP contribution in [0.1, 0.15) is 22.3 Å². The maximum atomic E-state index is 6.25. The molecule has 4 aromatic rings. The third-order valence-electron chi connectivity index (χ3n) is 5.40. The average Bonchev–Trinajstić information content (AvgIpc) is 2.88. The summed E-state index contributed by atoms with van der Waals surface area (Å²) >= 11 is 0. The predicted octanol–water partition coefficient (Wildman–Crippen LogP) is 7.19. The Kier molecular flexibility index (Phi) is 5.76. The second-order valence-electron chi connectivity index (χ2n) is 7.63. The summed E-state index contributed by atoms with van der Waals surface area (Å²) in [4.78, 5) is 5.00. The van der Waals surface area contributed by atoms with Crippen LogP contribution >= 0.6 is 0 Å². The fourth-order valence-corrected chi connectivity index (χ4v) is 3.76. The number of benzene rings is 4. The number of ether oxygens (including phenoxy) is 1. The second kappa shape index (κ2) is 9.32. The quantitative estimate of drug-likeness (QED) is 0.317. The summed E-state index contributed by atoms with van der Waals surface area (Å²) in [5.74, 6) is 1.70. The van der Waals surface area contributed by atoms with Crippen molar-refractivity contribution in [2.45, 2.75) is 6.54 Å². The Labute approximate surface area is 188 Å². The molecule has 0 saturated carbocycles. The molecule has 154 valence electrons. The van der Waals surface area contributed by atoms with Gasteiger partial charge in [0.2, 0.25) is 0 Å². The molecule has 0 saturated heterocycles. The molecular formula is C30H23NO. The van der Waals surface area contributed by atoms with Crippen LogP contribution in [0.2, 0.25) is 0 Å². The fourth-order valence-electron chi connectivity index (χ4n) is 3.76. The molecule has 0 aliphatic carbocycles. The highest BCUT2D eigenvalue weighted by molar-refractivity contribution is 6.14. The van der Waals surface area contributed by atoms with Gasteiger partial charge >= 0.3 is 0 Å². The van der Waals surface area contributed by atoms with E-state index in [0.717, 1.165) is 39.5 Å². The van der Waals surface area contributed by atoms with Crippen LogP contribution in [-0.4, -0.2) is 5.71 Å². The zero-order valence-corrected chi connectivity index (χ0v) is 17.7. The van der Waals surface area contributed by atoms with Crippen molar-refractivity contribution in [1.29, 1.82) is 0 Å². The first-order chi connectivity index (χ1) is 15.9. The van der Waals surface area contributed by atoms with Crippen molar-refractivity contribution in [3.63, 3.8) is 0 Å². The first-order valence-electron chi connectivity index (χ1n) is 10.8. The Morgan fingerprint density at radius 2 is 1.31 bits per heavy atom. The Morgan fingerprint density at radius 3 is 2.06 bits per heavy atom. The van der Waals surface area contributed by atoms with E-state index in [0.29, 0.717) is 6.54 Å². The molecule has 0 aromatic heterocycles. The molecule has 1 aliphatic heterocycles. The number of rotatable bonds is 5. The van der Waals surface area contributed by atoms with Crippen LogP contribution in [0.25, 0.3) is 11.3 Å². The van der Waals surface area contributed by atoms with Crippen LogP contribution in [0.5, 0.6) is 5.75 Å². The lowest BCUT2D eigenvalue weighted by Crippen LogP contribution is -2.06. The summed E-state index contributed by atoms with van der Waals surface area (Å²) in [5, 5.41) is 0. The zero-order valence-electron chi connectivity index (χ0n) is 17.7. The number of allylic oxidation sites excluding steroid dienone is 3. The monoisotopic (exact) mass is 413 g/mol. The molecule has 4 aromatic carbocycles. The smallest absolute Gasteiger partial charge is 0.135 e. The molecule has 0 atom stereocenters. The lowest BCUT2D eigenvalue weighted by molar-refractivity contribution is 0.509. The topological polar surface area (TPSA) is 21.6 Å². The number of fused-ring (bicyclic) bond motifs is 1. The van der Waals surface area contributed by atoms with E-state index in [1.807, 2.05) is 48.5 Å². The van der Waals surface area contributed by atoms with E-state index < -0.39 is 0 Å². The maximum absolute atomic E-state index is 6.25. The van der Waals surface area contributed by atoms with E-state index in [9.17, 15) is 0 Å². The summed E-state index contributed by atoms with van der Waals surface area (Å²) in [6.07, 6.45) is 4.28. The Hall–Kier alpha value is -4.17.